The average molecular weight is 510 g/mol. The van der Waals surface area contributed by atoms with Crippen molar-refractivity contribution in [3.63, 3.8) is 0 Å². The zero-order valence-corrected chi connectivity index (χ0v) is 21.2. The van der Waals surface area contributed by atoms with Gasteiger partial charge in [0.15, 0.2) is 0 Å². The number of halogens is 2. The van der Waals surface area contributed by atoms with Crippen LogP contribution >= 0.6 is 23.2 Å². The highest BCUT2D eigenvalue weighted by atomic mass is 35.5. The van der Waals surface area contributed by atoms with E-state index < -0.39 is 17.7 Å². The van der Waals surface area contributed by atoms with Gasteiger partial charge in [-0.05, 0) is 67.8 Å². The van der Waals surface area contributed by atoms with Crippen LogP contribution in [0.15, 0.2) is 66.2 Å². The number of hydrogen-bond donors (Lipinski definition) is 1. The van der Waals surface area contributed by atoms with Crippen molar-refractivity contribution in [1.82, 2.24) is 0 Å². The van der Waals surface area contributed by atoms with Crippen LogP contribution < -0.4 is 9.64 Å². The molecule has 1 atom stereocenters. The molecule has 1 unspecified atom stereocenters. The van der Waals surface area contributed by atoms with Gasteiger partial charge in [0.2, 0.25) is 0 Å². The molecule has 5 nitrogen and oxygen atoms in total. The molecule has 0 spiro atoms. The number of ketones is 1. The van der Waals surface area contributed by atoms with E-state index >= 15 is 0 Å². The highest BCUT2D eigenvalue weighted by molar-refractivity contribution is 6.52. The van der Waals surface area contributed by atoms with E-state index in [0.717, 1.165) is 17.5 Å². The summed E-state index contributed by atoms with van der Waals surface area (Å²) in [6.45, 7) is 6.39. The molecular weight excluding hydrogens is 485 g/mol. The maximum Gasteiger partial charge on any atom is 0.300 e. The number of benzene rings is 3. The highest BCUT2D eigenvalue weighted by Crippen LogP contribution is 2.43. The van der Waals surface area contributed by atoms with Gasteiger partial charge in [-0.2, -0.15) is 0 Å². The Morgan fingerprint density at radius 3 is 2.34 bits per heavy atom. The standard InChI is InChI=1S/C28H25Cl2NO4/c1-4-10-35-23-9-8-19(12-17(23)3)26(32)24-25(18-7-5-6-16(2)11-18)31(28(34)27(24)33)22-14-20(29)13-21(30)15-22/h5-9,11-15,25,32H,4,10H2,1-3H3/b26-24+. The summed E-state index contributed by atoms with van der Waals surface area (Å²) in [6, 6.07) is 16.5. The number of amides is 1. The Balaban J connectivity index is 1.90. The molecular formula is C28H25Cl2NO4. The van der Waals surface area contributed by atoms with Gasteiger partial charge in [-0.25, -0.2) is 0 Å². The summed E-state index contributed by atoms with van der Waals surface area (Å²) in [5.74, 6) is -1.10. The zero-order valence-electron chi connectivity index (χ0n) is 19.6. The molecule has 0 radical (unpaired) electrons. The lowest BCUT2D eigenvalue weighted by Gasteiger charge is -2.26. The lowest BCUT2D eigenvalue weighted by atomic mass is 9.94. The van der Waals surface area contributed by atoms with Crippen molar-refractivity contribution < 1.29 is 19.4 Å². The largest absolute Gasteiger partial charge is 0.507 e. The van der Waals surface area contributed by atoms with E-state index in [1.54, 1.807) is 36.4 Å². The Labute approximate surface area is 214 Å². The van der Waals surface area contributed by atoms with Crippen LogP contribution in [0.1, 0.15) is 41.6 Å². The van der Waals surface area contributed by atoms with E-state index in [4.69, 9.17) is 27.9 Å². The van der Waals surface area contributed by atoms with Gasteiger partial charge in [-0.15, -0.1) is 0 Å². The van der Waals surface area contributed by atoms with Crippen LogP contribution in [0.5, 0.6) is 5.75 Å². The van der Waals surface area contributed by atoms with Crippen LogP contribution in [0.4, 0.5) is 5.69 Å². The minimum absolute atomic E-state index is 0.00155. The Hall–Kier alpha value is -3.28. The van der Waals surface area contributed by atoms with Gasteiger partial charge in [0, 0.05) is 21.3 Å². The quantitative estimate of drug-likeness (QED) is 0.220. The van der Waals surface area contributed by atoms with E-state index in [-0.39, 0.29) is 11.3 Å². The molecule has 4 rings (SSSR count). The number of aliphatic hydroxyl groups excluding tert-OH is 1. The lowest BCUT2D eigenvalue weighted by Crippen LogP contribution is -2.29. The molecule has 7 heteroatoms. The number of Topliss-reactive ketones (excluding diaryl/α,β-unsaturated/α-hetero) is 1. The summed E-state index contributed by atoms with van der Waals surface area (Å²) in [6.07, 6.45) is 0.870. The number of carbonyl (C=O) groups is 2. The second-order valence-corrected chi connectivity index (χ2v) is 9.41. The van der Waals surface area contributed by atoms with Crippen molar-refractivity contribution in [1.29, 1.82) is 0 Å². The molecule has 35 heavy (non-hydrogen) atoms. The third-order valence-electron chi connectivity index (χ3n) is 5.84. The fourth-order valence-electron chi connectivity index (χ4n) is 4.26. The van der Waals surface area contributed by atoms with Gasteiger partial charge < -0.3 is 9.84 Å². The SMILES string of the molecule is CCCOc1ccc(/C(O)=C2\C(=O)C(=O)N(c3cc(Cl)cc(Cl)c3)C2c2cccc(C)c2)cc1C. The maximum absolute atomic E-state index is 13.3. The molecule has 0 aliphatic carbocycles. The lowest BCUT2D eigenvalue weighted by molar-refractivity contribution is -0.132. The predicted molar refractivity (Wildman–Crippen MR) is 139 cm³/mol. The summed E-state index contributed by atoms with van der Waals surface area (Å²) < 4.78 is 5.73. The Kier molecular flexibility index (Phi) is 7.20. The van der Waals surface area contributed by atoms with Crippen molar-refractivity contribution in [2.24, 2.45) is 0 Å². The monoisotopic (exact) mass is 509 g/mol. The van der Waals surface area contributed by atoms with Crippen molar-refractivity contribution in [3.8, 4) is 5.75 Å². The molecule has 1 amide bonds. The molecule has 0 aromatic heterocycles. The number of rotatable bonds is 6. The number of aliphatic hydroxyl groups is 1. The third kappa shape index (κ3) is 4.93. The van der Waals surface area contributed by atoms with Crippen LogP contribution in [-0.4, -0.2) is 23.4 Å². The fraction of sp³-hybridized carbons (Fsp3) is 0.214. The topological polar surface area (TPSA) is 66.8 Å². The zero-order chi connectivity index (χ0) is 25.3. The van der Waals surface area contributed by atoms with E-state index in [1.165, 1.54) is 4.90 Å². The minimum Gasteiger partial charge on any atom is -0.507 e. The van der Waals surface area contributed by atoms with E-state index in [9.17, 15) is 14.7 Å². The van der Waals surface area contributed by atoms with Crippen LogP contribution in [0.2, 0.25) is 10.0 Å². The summed E-state index contributed by atoms with van der Waals surface area (Å²) in [4.78, 5) is 28.0. The van der Waals surface area contributed by atoms with Crippen LogP contribution in [-0.2, 0) is 9.59 Å². The van der Waals surface area contributed by atoms with Crippen LogP contribution in [0.3, 0.4) is 0 Å². The van der Waals surface area contributed by atoms with E-state index in [0.29, 0.717) is 39.2 Å². The summed E-state index contributed by atoms with van der Waals surface area (Å²) in [5.41, 5.74) is 3.23. The normalized spacial score (nSPS) is 17.2. The second kappa shape index (κ2) is 10.1. The second-order valence-electron chi connectivity index (χ2n) is 8.54. The van der Waals surface area contributed by atoms with Crippen LogP contribution in [0.25, 0.3) is 5.76 Å². The van der Waals surface area contributed by atoms with Gasteiger partial charge in [-0.3, -0.25) is 14.5 Å². The average Bonchev–Trinajstić information content (AvgIpc) is 3.07. The molecule has 1 aliphatic heterocycles. The number of ether oxygens (including phenoxy) is 1. The Bertz CT molecular complexity index is 1330. The molecule has 180 valence electrons. The highest BCUT2D eigenvalue weighted by Gasteiger charge is 2.47. The van der Waals surface area contributed by atoms with Gasteiger partial charge >= 0.3 is 0 Å². The Morgan fingerprint density at radius 1 is 1.00 bits per heavy atom. The third-order valence-corrected chi connectivity index (χ3v) is 6.27. The molecule has 1 aliphatic rings. The van der Waals surface area contributed by atoms with Gasteiger partial charge in [0.1, 0.15) is 11.5 Å². The number of nitrogens with zero attached hydrogens (tertiary/aromatic N) is 1. The van der Waals surface area contributed by atoms with Crippen LogP contribution in [0, 0.1) is 13.8 Å². The molecule has 1 fully saturated rings. The first-order chi connectivity index (χ1) is 16.7. The minimum atomic E-state index is -0.860. The molecule has 3 aromatic rings. The molecule has 1 saturated heterocycles. The molecule has 3 aromatic carbocycles. The molecule has 0 bridgehead atoms. The first kappa shape index (κ1) is 24.8. The molecule has 1 N–H and O–H groups in total. The van der Waals surface area contributed by atoms with Gasteiger partial charge in [0.05, 0.1) is 18.2 Å². The summed E-state index contributed by atoms with van der Waals surface area (Å²) in [5, 5.41) is 12.0. The smallest absolute Gasteiger partial charge is 0.300 e. The number of carbonyl (C=O) groups excluding carboxylic acids is 2. The molecule has 0 saturated carbocycles. The van der Waals surface area contributed by atoms with Gasteiger partial charge in [-0.1, -0.05) is 60.0 Å². The number of hydrogen-bond acceptors (Lipinski definition) is 4. The van der Waals surface area contributed by atoms with Crippen molar-refractivity contribution in [2.75, 3.05) is 11.5 Å². The molecule has 1 heterocycles. The fourth-order valence-corrected chi connectivity index (χ4v) is 4.77. The first-order valence-corrected chi connectivity index (χ1v) is 12.0. The summed E-state index contributed by atoms with van der Waals surface area (Å²) >= 11 is 12.4. The van der Waals surface area contributed by atoms with E-state index in [1.807, 2.05) is 45.0 Å². The number of anilines is 1. The number of aryl methyl sites for hydroxylation is 2. The first-order valence-electron chi connectivity index (χ1n) is 11.3. The predicted octanol–water partition coefficient (Wildman–Crippen LogP) is 7.03. The van der Waals surface area contributed by atoms with Crippen molar-refractivity contribution in [3.05, 3.63) is 98.5 Å². The van der Waals surface area contributed by atoms with Crippen molar-refractivity contribution in [2.45, 2.75) is 33.2 Å². The summed E-state index contributed by atoms with van der Waals surface area (Å²) in [7, 11) is 0. The van der Waals surface area contributed by atoms with E-state index in [2.05, 4.69) is 0 Å². The Morgan fingerprint density at radius 2 is 1.71 bits per heavy atom. The van der Waals surface area contributed by atoms with Gasteiger partial charge in [0.25, 0.3) is 11.7 Å². The van der Waals surface area contributed by atoms with Crippen molar-refractivity contribution >= 4 is 46.3 Å². The maximum atomic E-state index is 13.3.